The molecule has 1 heterocycles. The van der Waals surface area contributed by atoms with E-state index in [9.17, 15) is 0 Å². The molecular weight excluding hydrogens is 210 g/mol. The number of likely N-dealkylation sites (tertiary alicyclic amines) is 1. The monoisotopic (exact) mass is 239 g/mol. The van der Waals surface area contributed by atoms with Crippen molar-refractivity contribution >= 4 is 8.80 Å². The van der Waals surface area contributed by atoms with Crippen molar-refractivity contribution in [2.75, 3.05) is 13.1 Å². The van der Waals surface area contributed by atoms with Gasteiger partial charge in [0, 0.05) is 14.8 Å². The molecule has 0 bridgehead atoms. The highest BCUT2D eigenvalue weighted by molar-refractivity contribution is 6.56. The molecule has 0 saturated carbocycles. The first-order chi connectivity index (χ1) is 7.65. The Bertz CT molecular complexity index is 215. The Hall–Kier alpha value is -0.0831. The van der Waals surface area contributed by atoms with Gasteiger partial charge in [-0.1, -0.05) is 37.6 Å². The normalized spacial score (nSPS) is 22.2. The molecule has 1 atom stereocenters. The molecule has 0 N–H and O–H groups in total. The zero-order chi connectivity index (χ0) is 12.0. The number of hydrogen-bond acceptors (Lipinski definition) is 1. The topological polar surface area (TPSA) is 3.24 Å². The first-order valence-corrected chi connectivity index (χ1v) is 10.2. The third kappa shape index (κ3) is 4.42. The van der Waals surface area contributed by atoms with Gasteiger partial charge in [-0.3, -0.25) is 4.90 Å². The van der Waals surface area contributed by atoms with E-state index >= 15 is 0 Å². The average molecular weight is 239 g/mol. The zero-order valence-corrected chi connectivity index (χ0v) is 12.8. The number of hydrogen-bond donors (Lipinski definition) is 0. The van der Waals surface area contributed by atoms with Gasteiger partial charge in [0.1, 0.15) is 0 Å². The van der Waals surface area contributed by atoms with Crippen LogP contribution in [0.15, 0.2) is 11.6 Å². The van der Waals surface area contributed by atoms with Crippen molar-refractivity contribution in [3.8, 4) is 0 Å². The van der Waals surface area contributed by atoms with Crippen molar-refractivity contribution < 1.29 is 0 Å². The molecule has 0 aliphatic carbocycles. The van der Waals surface area contributed by atoms with E-state index in [1.165, 1.54) is 44.8 Å². The quantitative estimate of drug-likeness (QED) is 0.534. The van der Waals surface area contributed by atoms with Crippen LogP contribution in [0.25, 0.3) is 0 Å². The Morgan fingerprint density at radius 1 is 1.19 bits per heavy atom. The molecule has 94 valence electrons. The van der Waals surface area contributed by atoms with Gasteiger partial charge in [0.2, 0.25) is 0 Å². The lowest BCUT2D eigenvalue weighted by atomic mass is 10.1. The Labute approximate surface area is 104 Å². The van der Waals surface area contributed by atoms with Gasteiger partial charge in [-0.05, 0) is 45.8 Å². The maximum Gasteiger partial charge on any atom is 0.0349 e. The van der Waals surface area contributed by atoms with E-state index in [4.69, 9.17) is 0 Å². The van der Waals surface area contributed by atoms with Gasteiger partial charge >= 0.3 is 0 Å². The minimum absolute atomic E-state index is 0.463. The van der Waals surface area contributed by atoms with Gasteiger partial charge in [0.05, 0.1) is 0 Å². The Morgan fingerprint density at radius 2 is 1.75 bits per heavy atom. The highest BCUT2D eigenvalue weighted by Crippen LogP contribution is 2.20. The van der Waals surface area contributed by atoms with Crippen LogP contribution in [0.4, 0.5) is 0 Å². The zero-order valence-electron chi connectivity index (χ0n) is 11.6. The summed E-state index contributed by atoms with van der Waals surface area (Å²) in [7, 11) is -0.463. The van der Waals surface area contributed by atoms with Crippen molar-refractivity contribution in [3.05, 3.63) is 11.6 Å². The second kappa shape index (κ2) is 7.28. The molecule has 0 spiro atoms. The van der Waals surface area contributed by atoms with Crippen LogP contribution in [0, 0.1) is 0 Å². The summed E-state index contributed by atoms with van der Waals surface area (Å²) in [5, 5.41) is 0. The minimum Gasteiger partial charge on any atom is -0.297 e. The van der Waals surface area contributed by atoms with Crippen molar-refractivity contribution in [1.82, 2.24) is 4.90 Å². The molecule has 1 aliphatic rings. The molecule has 1 fully saturated rings. The maximum absolute atomic E-state index is 2.71. The maximum atomic E-state index is 2.71. The lowest BCUT2D eigenvalue weighted by molar-refractivity contribution is 0.242. The molecule has 16 heavy (non-hydrogen) atoms. The van der Waals surface area contributed by atoms with E-state index in [1.54, 1.807) is 5.57 Å². The summed E-state index contributed by atoms with van der Waals surface area (Å²) in [5.74, 6) is 0. The molecule has 2 heteroatoms. The summed E-state index contributed by atoms with van der Waals surface area (Å²) < 4.78 is 0. The largest absolute Gasteiger partial charge is 0.297 e. The minimum atomic E-state index is -0.463. The van der Waals surface area contributed by atoms with E-state index in [2.05, 4.69) is 37.9 Å². The van der Waals surface area contributed by atoms with Crippen LogP contribution in [0.5, 0.6) is 0 Å². The Kier molecular flexibility index (Phi) is 6.36. The average Bonchev–Trinajstić information content (AvgIpc) is 2.53. The number of allylic oxidation sites excluding steroid dienone is 1. The molecule has 0 aromatic carbocycles. The van der Waals surface area contributed by atoms with Crippen molar-refractivity contribution in [1.29, 1.82) is 0 Å². The third-order valence-corrected chi connectivity index (χ3v) is 5.03. The predicted octanol–water partition coefficient (Wildman–Crippen LogP) is 3.68. The summed E-state index contributed by atoms with van der Waals surface area (Å²) in [4.78, 5) is 2.71. The summed E-state index contributed by atoms with van der Waals surface area (Å²) in [5.41, 5.74) is 1.70. The van der Waals surface area contributed by atoms with Gasteiger partial charge in [0.25, 0.3) is 0 Å². The van der Waals surface area contributed by atoms with Crippen LogP contribution in [-0.4, -0.2) is 32.8 Å². The lowest BCUT2D eigenvalue weighted by Crippen LogP contribution is -2.35. The third-order valence-electron chi connectivity index (χ3n) is 3.74. The fraction of sp³-hybridized carbons (Fsp3) is 0.857. The van der Waals surface area contributed by atoms with Crippen LogP contribution in [-0.2, 0) is 0 Å². The van der Waals surface area contributed by atoms with Crippen LogP contribution >= 0.6 is 0 Å². The Morgan fingerprint density at radius 3 is 2.19 bits per heavy atom. The van der Waals surface area contributed by atoms with Gasteiger partial charge in [-0.25, -0.2) is 0 Å². The van der Waals surface area contributed by atoms with Crippen LogP contribution in [0.2, 0.25) is 19.1 Å². The summed E-state index contributed by atoms with van der Waals surface area (Å²) in [6, 6.07) is 2.09. The molecule has 0 aromatic rings. The fourth-order valence-electron chi connectivity index (χ4n) is 2.72. The standard InChI is InChI=1S/C14H29NSi/c1-5-14(12-16(3)4)13(2)15-10-8-6-7-9-11-15/h5,13,16H,6-12H2,1-4H3. The highest BCUT2D eigenvalue weighted by Gasteiger charge is 2.19. The van der Waals surface area contributed by atoms with Gasteiger partial charge in [-0.2, -0.15) is 0 Å². The molecular formula is C14H29NSi. The van der Waals surface area contributed by atoms with Crippen molar-refractivity contribution in [2.24, 2.45) is 0 Å². The molecule has 0 amide bonds. The van der Waals surface area contributed by atoms with Gasteiger partial charge in [-0.15, -0.1) is 0 Å². The second-order valence-corrected chi connectivity index (χ2v) is 8.78. The molecule has 1 aliphatic heterocycles. The SMILES string of the molecule is CC=C(C[SiH](C)C)C(C)N1CCCCCC1. The second-order valence-electron chi connectivity index (χ2n) is 5.59. The molecule has 1 nitrogen and oxygen atoms in total. The first kappa shape index (κ1) is 14.0. The summed E-state index contributed by atoms with van der Waals surface area (Å²) >= 11 is 0. The number of rotatable bonds is 4. The molecule has 1 saturated heterocycles. The van der Waals surface area contributed by atoms with E-state index in [-0.39, 0.29) is 0 Å². The van der Waals surface area contributed by atoms with E-state index in [0.29, 0.717) is 6.04 Å². The van der Waals surface area contributed by atoms with E-state index in [0.717, 1.165) is 0 Å². The number of nitrogens with zero attached hydrogens (tertiary/aromatic N) is 1. The van der Waals surface area contributed by atoms with Crippen molar-refractivity contribution in [2.45, 2.75) is 64.7 Å². The van der Waals surface area contributed by atoms with E-state index in [1.807, 2.05) is 0 Å². The lowest BCUT2D eigenvalue weighted by Gasteiger charge is -2.30. The molecule has 0 aromatic heterocycles. The van der Waals surface area contributed by atoms with Gasteiger partial charge < -0.3 is 0 Å². The Balaban J connectivity index is 2.55. The smallest absolute Gasteiger partial charge is 0.0349 e. The van der Waals surface area contributed by atoms with Crippen LogP contribution in [0.3, 0.4) is 0 Å². The van der Waals surface area contributed by atoms with E-state index < -0.39 is 8.80 Å². The summed E-state index contributed by atoms with van der Waals surface area (Å²) in [6.45, 7) is 12.2. The van der Waals surface area contributed by atoms with Crippen LogP contribution < -0.4 is 0 Å². The van der Waals surface area contributed by atoms with Crippen molar-refractivity contribution in [3.63, 3.8) is 0 Å². The highest BCUT2D eigenvalue weighted by atomic mass is 28.3. The molecule has 0 radical (unpaired) electrons. The predicted molar refractivity (Wildman–Crippen MR) is 76.9 cm³/mol. The van der Waals surface area contributed by atoms with Gasteiger partial charge in [0.15, 0.2) is 0 Å². The summed E-state index contributed by atoms with van der Waals surface area (Å²) in [6.07, 6.45) is 8.06. The molecule has 1 rings (SSSR count). The molecule has 1 unspecified atom stereocenters. The fourth-order valence-corrected chi connectivity index (χ4v) is 4.24. The first-order valence-electron chi connectivity index (χ1n) is 7.04. The van der Waals surface area contributed by atoms with Crippen LogP contribution in [0.1, 0.15) is 39.5 Å².